The molecule has 2 aliphatic heterocycles. The molecule has 2 fully saturated rings. The fourth-order valence-electron chi connectivity index (χ4n) is 3.64. The maximum atomic E-state index is 12.7. The Morgan fingerprint density at radius 3 is 2.64 bits per heavy atom. The summed E-state index contributed by atoms with van der Waals surface area (Å²) in [6, 6.07) is 0. The first kappa shape index (κ1) is 17.8. The summed E-state index contributed by atoms with van der Waals surface area (Å²) in [5.74, 6) is -0.192. The molecule has 2 aliphatic rings. The normalized spacial score (nSPS) is 25.1. The van der Waals surface area contributed by atoms with Crippen molar-refractivity contribution >= 4 is 5.91 Å². The highest BCUT2D eigenvalue weighted by Crippen LogP contribution is 2.24. The number of morpholine rings is 1. The fraction of sp³-hybridized carbons (Fsp3) is 0.688. The van der Waals surface area contributed by atoms with Crippen molar-refractivity contribution in [2.75, 3.05) is 52.5 Å². The maximum absolute atomic E-state index is 12.7. The van der Waals surface area contributed by atoms with Crippen molar-refractivity contribution < 1.29 is 14.6 Å². The molecule has 0 aliphatic carbocycles. The van der Waals surface area contributed by atoms with Crippen LogP contribution in [0.5, 0.6) is 0 Å². The van der Waals surface area contributed by atoms with E-state index < -0.39 is 17.2 Å². The number of hydrogen-bond donors (Lipinski definition) is 3. The first-order valence-electron chi connectivity index (χ1n) is 8.59. The summed E-state index contributed by atoms with van der Waals surface area (Å²) in [6.45, 7) is 4.95. The highest BCUT2D eigenvalue weighted by Gasteiger charge is 2.32. The number of ether oxygens (including phenoxy) is 1. The van der Waals surface area contributed by atoms with E-state index in [4.69, 9.17) is 4.74 Å². The Labute approximate surface area is 144 Å². The van der Waals surface area contributed by atoms with Crippen LogP contribution in [0.25, 0.3) is 0 Å². The lowest BCUT2D eigenvalue weighted by Gasteiger charge is -2.39. The predicted octanol–water partition coefficient (Wildman–Crippen LogP) is -1.53. The molecule has 3 heterocycles. The van der Waals surface area contributed by atoms with Crippen molar-refractivity contribution in [1.82, 2.24) is 19.8 Å². The van der Waals surface area contributed by atoms with E-state index >= 15 is 0 Å². The number of amides is 1. The summed E-state index contributed by atoms with van der Waals surface area (Å²) >= 11 is 0. The molecule has 0 spiro atoms. The summed E-state index contributed by atoms with van der Waals surface area (Å²) in [7, 11) is 0. The van der Waals surface area contributed by atoms with Gasteiger partial charge in [-0.15, -0.1) is 0 Å². The Hall–Kier alpha value is -1.97. The van der Waals surface area contributed by atoms with Gasteiger partial charge >= 0.3 is 5.69 Å². The van der Waals surface area contributed by atoms with Gasteiger partial charge in [-0.1, -0.05) is 0 Å². The molecule has 9 heteroatoms. The maximum Gasteiger partial charge on any atom is 0.325 e. The lowest BCUT2D eigenvalue weighted by molar-refractivity contribution is 0.0129. The summed E-state index contributed by atoms with van der Waals surface area (Å²) in [5.41, 5.74) is -1.41. The van der Waals surface area contributed by atoms with E-state index in [0.717, 1.165) is 32.3 Å². The lowest BCUT2D eigenvalue weighted by atomic mass is 9.88. The molecule has 0 saturated carbocycles. The van der Waals surface area contributed by atoms with Crippen LogP contribution in [-0.4, -0.2) is 83.3 Å². The van der Waals surface area contributed by atoms with Crippen molar-refractivity contribution in [2.24, 2.45) is 11.8 Å². The highest BCUT2D eigenvalue weighted by molar-refractivity contribution is 5.93. The summed E-state index contributed by atoms with van der Waals surface area (Å²) in [6.07, 6.45) is 2.00. The van der Waals surface area contributed by atoms with Crippen LogP contribution in [0.15, 0.2) is 15.8 Å². The smallest absolute Gasteiger partial charge is 0.325 e. The SMILES string of the molecule is O=C(c1c[nH]c(=O)[nH]c1=O)N1C[C@H](CO)C[C@H](CN2CCOCC2)C1. The van der Waals surface area contributed by atoms with Crippen LogP contribution in [-0.2, 0) is 4.74 Å². The third kappa shape index (κ3) is 4.36. The molecule has 0 unspecified atom stereocenters. The van der Waals surface area contributed by atoms with Gasteiger partial charge in [0.1, 0.15) is 5.56 Å². The Morgan fingerprint density at radius 1 is 1.24 bits per heavy atom. The molecule has 0 bridgehead atoms. The van der Waals surface area contributed by atoms with Gasteiger partial charge in [0.25, 0.3) is 11.5 Å². The molecule has 25 heavy (non-hydrogen) atoms. The van der Waals surface area contributed by atoms with E-state index in [2.05, 4.69) is 14.9 Å². The molecule has 1 aromatic heterocycles. The number of aromatic amines is 2. The van der Waals surface area contributed by atoms with Crippen LogP contribution < -0.4 is 11.2 Å². The van der Waals surface area contributed by atoms with E-state index in [1.165, 1.54) is 0 Å². The minimum absolute atomic E-state index is 0.00533. The van der Waals surface area contributed by atoms with Gasteiger partial charge in [0.2, 0.25) is 0 Å². The molecule has 3 rings (SSSR count). The van der Waals surface area contributed by atoms with E-state index in [1.807, 2.05) is 0 Å². The number of H-pyrrole nitrogens is 2. The number of rotatable bonds is 4. The number of nitrogens with one attached hydrogen (secondary N) is 2. The molecule has 3 N–H and O–H groups in total. The largest absolute Gasteiger partial charge is 0.396 e. The van der Waals surface area contributed by atoms with Gasteiger partial charge < -0.3 is 19.7 Å². The molecule has 1 aromatic rings. The van der Waals surface area contributed by atoms with E-state index in [9.17, 15) is 19.5 Å². The number of aliphatic hydroxyl groups is 1. The van der Waals surface area contributed by atoms with Gasteiger partial charge in [0.15, 0.2) is 0 Å². The molecule has 138 valence electrons. The Balaban J connectivity index is 1.71. The number of piperidine rings is 1. The molecule has 0 aromatic carbocycles. The van der Waals surface area contributed by atoms with Crippen LogP contribution in [0.4, 0.5) is 0 Å². The second-order valence-corrected chi connectivity index (χ2v) is 6.76. The summed E-state index contributed by atoms with van der Waals surface area (Å²) in [5, 5.41) is 9.59. The average Bonchev–Trinajstić information content (AvgIpc) is 2.62. The van der Waals surface area contributed by atoms with E-state index in [1.54, 1.807) is 4.90 Å². The van der Waals surface area contributed by atoms with Crippen molar-refractivity contribution in [1.29, 1.82) is 0 Å². The molecule has 2 atom stereocenters. The molecule has 0 radical (unpaired) electrons. The van der Waals surface area contributed by atoms with Crippen molar-refractivity contribution in [3.05, 3.63) is 32.6 Å². The van der Waals surface area contributed by atoms with Crippen LogP contribution in [0.1, 0.15) is 16.8 Å². The fourth-order valence-corrected chi connectivity index (χ4v) is 3.64. The van der Waals surface area contributed by atoms with Crippen LogP contribution in [0.3, 0.4) is 0 Å². The topological polar surface area (TPSA) is 119 Å². The summed E-state index contributed by atoms with van der Waals surface area (Å²) < 4.78 is 5.36. The van der Waals surface area contributed by atoms with Crippen molar-refractivity contribution in [2.45, 2.75) is 6.42 Å². The van der Waals surface area contributed by atoms with Gasteiger partial charge in [0, 0.05) is 45.5 Å². The first-order valence-corrected chi connectivity index (χ1v) is 8.59. The van der Waals surface area contributed by atoms with E-state index in [0.29, 0.717) is 26.3 Å². The molecular formula is C16H24N4O5. The third-order valence-electron chi connectivity index (χ3n) is 4.84. The van der Waals surface area contributed by atoms with E-state index in [-0.39, 0.29) is 24.0 Å². The molecule has 9 nitrogen and oxygen atoms in total. The van der Waals surface area contributed by atoms with Gasteiger partial charge in [0.05, 0.1) is 13.2 Å². The van der Waals surface area contributed by atoms with Gasteiger partial charge in [-0.05, 0) is 18.3 Å². The zero-order valence-corrected chi connectivity index (χ0v) is 14.1. The quantitative estimate of drug-likeness (QED) is 0.605. The lowest BCUT2D eigenvalue weighted by Crippen LogP contribution is -2.50. The molecule has 1 amide bonds. The summed E-state index contributed by atoms with van der Waals surface area (Å²) in [4.78, 5) is 44.0. The number of carbonyl (C=O) groups excluding carboxylic acids is 1. The zero-order chi connectivity index (χ0) is 17.8. The second-order valence-electron chi connectivity index (χ2n) is 6.76. The third-order valence-corrected chi connectivity index (χ3v) is 4.84. The minimum atomic E-state index is -0.690. The number of hydrogen-bond acceptors (Lipinski definition) is 6. The second kappa shape index (κ2) is 7.94. The molecular weight excluding hydrogens is 328 g/mol. The van der Waals surface area contributed by atoms with Crippen molar-refractivity contribution in [3.8, 4) is 0 Å². The number of nitrogens with zero attached hydrogens (tertiary/aromatic N) is 2. The number of likely N-dealkylation sites (tertiary alicyclic amines) is 1. The van der Waals surface area contributed by atoms with Crippen LogP contribution in [0, 0.1) is 11.8 Å². The van der Waals surface area contributed by atoms with Gasteiger partial charge in [-0.3, -0.25) is 19.5 Å². The first-order chi connectivity index (χ1) is 12.1. The average molecular weight is 352 g/mol. The van der Waals surface area contributed by atoms with Gasteiger partial charge in [-0.2, -0.15) is 0 Å². The van der Waals surface area contributed by atoms with Crippen LogP contribution in [0.2, 0.25) is 0 Å². The number of carbonyl (C=O) groups is 1. The monoisotopic (exact) mass is 352 g/mol. The van der Waals surface area contributed by atoms with Gasteiger partial charge in [-0.25, -0.2) is 4.79 Å². The number of aromatic nitrogens is 2. The number of aliphatic hydroxyl groups excluding tert-OH is 1. The molecule has 2 saturated heterocycles. The zero-order valence-electron chi connectivity index (χ0n) is 14.1. The van der Waals surface area contributed by atoms with Crippen molar-refractivity contribution in [3.63, 3.8) is 0 Å². The predicted molar refractivity (Wildman–Crippen MR) is 89.5 cm³/mol. The highest BCUT2D eigenvalue weighted by atomic mass is 16.5. The Kier molecular flexibility index (Phi) is 5.67. The standard InChI is InChI=1S/C16H24N4O5/c21-10-12-5-11(7-19-1-3-25-4-2-19)8-20(9-12)15(23)13-6-17-16(24)18-14(13)22/h6,11-12,21H,1-5,7-10H2,(H2,17,18,22,24)/t11-,12-/m1/s1. The van der Waals surface area contributed by atoms with Crippen LogP contribution >= 0.6 is 0 Å². The Bertz CT molecular complexity index is 709. The Morgan fingerprint density at radius 2 is 1.96 bits per heavy atom. The minimum Gasteiger partial charge on any atom is -0.396 e.